The monoisotopic (exact) mass is 468 g/mol. The summed E-state index contributed by atoms with van der Waals surface area (Å²) in [4.78, 5) is 21.4. The average Bonchev–Trinajstić information content (AvgIpc) is 3.32. The molecule has 0 fully saturated rings. The molecule has 0 aliphatic rings. The molecule has 2 heterocycles. The molecule has 5 rings (SSSR count). The highest BCUT2D eigenvalue weighted by Crippen LogP contribution is 2.24. The molecule has 35 heavy (non-hydrogen) atoms. The van der Waals surface area contributed by atoms with Crippen LogP contribution in [0.15, 0.2) is 77.9 Å². The molecule has 0 spiro atoms. The van der Waals surface area contributed by atoms with Crippen LogP contribution in [0.1, 0.15) is 13.8 Å². The predicted molar refractivity (Wildman–Crippen MR) is 132 cm³/mol. The third-order valence-electron chi connectivity index (χ3n) is 5.36. The first-order valence-corrected chi connectivity index (χ1v) is 11.2. The maximum absolute atomic E-state index is 12.0. The summed E-state index contributed by atoms with van der Waals surface area (Å²) in [5.41, 5.74) is 3.27. The number of carbonyl (C=O) groups is 1. The lowest BCUT2D eigenvalue weighted by Gasteiger charge is -2.13. The Labute approximate surface area is 200 Å². The lowest BCUT2D eigenvalue weighted by molar-refractivity contribution is -0.123. The molecule has 3 aromatic carbocycles. The predicted octanol–water partition coefficient (Wildman–Crippen LogP) is 3.95. The molecule has 3 N–H and O–H groups in total. The Kier molecular flexibility index (Phi) is 5.88. The van der Waals surface area contributed by atoms with Crippen molar-refractivity contribution in [3.05, 3.63) is 78.4 Å². The first kappa shape index (κ1) is 22.1. The summed E-state index contributed by atoms with van der Waals surface area (Å²) < 4.78 is 6.69. The van der Waals surface area contributed by atoms with Crippen molar-refractivity contribution in [2.24, 2.45) is 4.99 Å². The Balaban J connectivity index is 1.57. The van der Waals surface area contributed by atoms with Gasteiger partial charge in [0, 0.05) is 22.4 Å². The number of ether oxygens (including phenoxy) is 1. The van der Waals surface area contributed by atoms with Gasteiger partial charge in [0.15, 0.2) is 17.9 Å². The maximum Gasteiger partial charge on any atom is 0.258 e. The van der Waals surface area contributed by atoms with Gasteiger partial charge < -0.3 is 15.3 Å². The minimum absolute atomic E-state index is 0.0315. The normalized spacial score (nSPS) is 11.9. The molecule has 0 radical (unpaired) electrons. The van der Waals surface area contributed by atoms with E-state index < -0.39 is 0 Å². The fraction of sp³-hybridized carbons (Fsp3) is 0.154. The van der Waals surface area contributed by atoms with Crippen molar-refractivity contribution in [3.8, 4) is 17.1 Å². The van der Waals surface area contributed by atoms with E-state index >= 15 is 0 Å². The fourth-order valence-corrected chi connectivity index (χ4v) is 3.80. The molecule has 0 atom stereocenters. The van der Waals surface area contributed by atoms with Crippen LogP contribution in [0.25, 0.3) is 33.2 Å². The van der Waals surface area contributed by atoms with Gasteiger partial charge in [-0.2, -0.15) is 9.83 Å². The number of hydrogen-bond acceptors (Lipinski definition) is 6. The highest BCUT2D eigenvalue weighted by atomic mass is 16.5. The summed E-state index contributed by atoms with van der Waals surface area (Å²) in [7, 11) is 0. The Morgan fingerprint density at radius 3 is 2.86 bits per heavy atom. The number of aromatic nitrogens is 4. The van der Waals surface area contributed by atoms with Gasteiger partial charge in [0.25, 0.3) is 5.91 Å². The highest BCUT2D eigenvalue weighted by Gasteiger charge is 2.13. The van der Waals surface area contributed by atoms with Crippen LogP contribution >= 0.6 is 0 Å². The topological polar surface area (TPSA) is 117 Å². The molecule has 0 aliphatic heterocycles. The van der Waals surface area contributed by atoms with Crippen molar-refractivity contribution in [1.82, 2.24) is 25.2 Å². The molecule has 176 valence electrons. The molecule has 0 bridgehead atoms. The van der Waals surface area contributed by atoms with E-state index in [1.807, 2.05) is 56.3 Å². The minimum Gasteiger partial charge on any atom is -0.484 e. The number of nitrogens with one attached hydrogen (secondary N) is 2. The average molecular weight is 469 g/mol. The number of nitrogens with zero attached hydrogens (tertiary/aromatic N) is 4. The maximum atomic E-state index is 12.0. The number of amides is 1. The van der Waals surface area contributed by atoms with E-state index in [0.717, 1.165) is 15.6 Å². The highest BCUT2D eigenvalue weighted by molar-refractivity contribution is 5.82. The quantitative estimate of drug-likeness (QED) is 0.326. The Morgan fingerprint density at radius 2 is 2.00 bits per heavy atom. The van der Waals surface area contributed by atoms with Gasteiger partial charge in [0.1, 0.15) is 5.75 Å². The van der Waals surface area contributed by atoms with E-state index in [-0.39, 0.29) is 18.6 Å². The smallest absolute Gasteiger partial charge is 0.258 e. The van der Waals surface area contributed by atoms with E-state index in [0.29, 0.717) is 39.2 Å². The number of aromatic amines is 1. The van der Waals surface area contributed by atoms with Crippen LogP contribution in [0.3, 0.4) is 0 Å². The summed E-state index contributed by atoms with van der Waals surface area (Å²) >= 11 is 0. The van der Waals surface area contributed by atoms with E-state index in [1.54, 1.807) is 30.5 Å². The summed E-state index contributed by atoms with van der Waals surface area (Å²) in [6.07, 6.45) is 1.74. The molecule has 9 nitrogen and oxygen atoms in total. The largest absolute Gasteiger partial charge is 0.484 e. The van der Waals surface area contributed by atoms with Crippen LogP contribution in [-0.2, 0) is 4.79 Å². The number of para-hydroxylation sites is 1. The second-order valence-electron chi connectivity index (χ2n) is 8.38. The van der Waals surface area contributed by atoms with Gasteiger partial charge in [-0.15, -0.1) is 0 Å². The zero-order valence-electron chi connectivity index (χ0n) is 19.3. The van der Waals surface area contributed by atoms with Crippen LogP contribution in [0.2, 0.25) is 0 Å². The van der Waals surface area contributed by atoms with Crippen LogP contribution < -0.4 is 15.5 Å². The van der Waals surface area contributed by atoms with Gasteiger partial charge >= 0.3 is 0 Å². The number of hydrogen-bond donors (Lipinski definition) is 3. The molecule has 0 saturated carbocycles. The number of fused-ring (bicyclic) bond motifs is 2. The zero-order chi connectivity index (χ0) is 24.4. The second kappa shape index (κ2) is 9.30. The molecular formula is C26H24N6O3. The minimum atomic E-state index is -0.206. The first-order valence-electron chi connectivity index (χ1n) is 11.2. The molecule has 0 saturated heterocycles. The van der Waals surface area contributed by atoms with Crippen molar-refractivity contribution < 1.29 is 14.7 Å². The van der Waals surface area contributed by atoms with Gasteiger partial charge in [-0.1, -0.05) is 24.3 Å². The van der Waals surface area contributed by atoms with Crippen molar-refractivity contribution in [2.75, 3.05) is 6.61 Å². The van der Waals surface area contributed by atoms with E-state index in [4.69, 9.17) is 14.7 Å². The van der Waals surface area contributed by atoms with Crippen LogP contribution in [0.4, 0.5) is 5.69 Å². The van der Waals surface area contributed by atoms with E-state index in [1.165, 1.54) is 0 Å². The number of benzene rings is 3. The molecule has 0 aliphatic carbocycles. The third-order valence-corrected chi connectivity index (χ3v) is 5.36. The second-order valence-corrected chi connectivity index (χ2v) is 8.38. The van der Waals surface area contributed by atoms with Crippen LogP contribution in [-0.4, -0.2) is 43.7 Å². The molecule has 9 heteroatoms. The summed E-state index contributed by atoms with van der Waals surface area (Å²) in [6, 6.07) is 20.2. The Morgan fingerprint density at radius 1 is 1.14 bits per heavy atom. The van der Waals surface area contributed by atoms with Crippen LogP contribution in [0.5, 0.6) is 5.75 Å². The Hall–Kier alpha value is -4.66. The summed E-state index contributed by atoms with van der Waals surface area (Å²) in [5, 5.41) is 22.4. The van der Waals surface area contributed by atoms with Crippen molar-refractivity contribution in [1.29, 1.82) is 0 Å². The van der Waals surface area contributed by atoms with Gasteiger partial charge in [0.2, 0.25) is 0 Å². The first-order chi connectivity index (χ1) is 17.0. The summed E-state index contributed by atoms with van der Waals surface area (Å²) in [6.45, 7) is 3.67. The fourth-order valence-electron chi connectivity index (χ4n) is 3.80. The number of H-pyrrole nitrogens is 1. The number of rotatable bonds is 6. The van der Waals surface area contributed by atoms with Crippen molar-refractivity contribution in [3.63, 3.8) is 0 Å². The lowest BCUT2D eigenvalue weighted by Crippen LogP contribution is -2.34. The van der Waals surface area contributed by atoms with Gasteiger partial charge in [-0.05, 0) is 56.3 Å². The van der Waals surface area contributed by atoms with Gasteiger partial charge in [-0.25, -0.2) is 9.98 Å². The third kappa shape index (κ3) is 4.70. The Bertz CT molecular complexity index is 1600. The molecule has 1 amide bonds. The van der Waals surface area contributed by atoms with Crippen molar-refractivity contribution in [2.45, 2.75) is 19.9 Å². The van der Waals surface area contributed by atoms with Crippen LogP contribution in [0, 0.1) is 0 Å². The molecule has 0 unspecified atom stereocenters. The standard InChI is InChI=1S/C26H24N6O3/c1-16(2)28-24(33)15-35-20-7-5-6-17(13-20)26-30-25(21-8-3-4-9-23(21)32(26)34)29-19-10-11-22-18(12-19)14-27-31-22/h3-14,16,34H,15H2,1-2H3,(H,27,31)(H,28,33). The van der Waals surface area contributed by atoms with Gasteiger partial charge in [0.05, 0.1) is 22.9 Å². The molecule has 5 aromatic rings. The molecule has 2 aromatic heterocycles. The lowest BCUT2D eigenvalue weighted by atomic mass is 10.1. The number of carbonyl (C=O) groups excluding carboxylic acids is 1. The van der Waals surface area contributed by atoms with E-state index in [9.17, 15) is 10.0 Å². The van der Waals surface area contributed by atoms with E-state index in [2.05, 4.69) is 15.5 Å². The summed E-state index contributed by atoms with van der Waals surface area (Å²) in [5.74, 6) is 0.575. The zero-order valence-corrected chi connectivity index (χ0v) is 19.3. The molecular weight excluding hydrogens is 444 g/mol. The van der Waals surface area contributed by atoms with Crippen molar-refractivity contribution >= 4 is 33.4 Å². The van der Waals surface area contributed by atoms with Gasteiger partial charge in [-0.3, -0.25) is 9.89 Å². The SMILES string of the molecule is CC(C)NC(=O)COc1cccc(-c2nc(=Nc3ccc4[nH]ncc4c3)c3ccccc3n2O)c1.